The van der Waals surface area contributed by atoms with Gasteiger partial charge in [-0.2, -0.15) is 0 Å². The zero-order valence-electron chi connectivity index (χ0n) is 9.51. The van der Waals surface area contributed by atoms with Crippen LogP contribution in [0.4, 0.5) is 0 Å². The quantitative estimate of drug-likeness (QED) is 0.874. The Hall–Kier alpha value is -1.53. The molecule has 2 aromatic rings. The third-order valence-electron chi connectivity index (χ3n) is 2.33. The monoisotopic (exact) mass is 283 g/mol. The number of hydrogen-bond acceptors (Lipinski definition) is 4. The van der Waals surface area contributed by atoms with Crippen LogP contribution in [0, 0.1) is 0 Å². The number of aromatic amines is 1. The first-order valence-electron chi connectivity index (χ1n) is 5.23. The van der Waals surface area contributed by atoms with E-state index in [1.165, 1.54) is 16.3 Å². The first-order valence-corrected chi connectivity index (χ1v) is 6.43. The Morgan fingerprint density at radius 2 is 2.33 bits per heavy atom. The zero-order valence-corrected chi connectivity index (χ0v) is 11.1. The van der Waals surface area contributed by atoms with Gasteiger partial charge in [0.05, 0.1) is 5.02 Å². The molecule has 0 atom stereocenters. The van der Waals surface area contributed by atoms with E-state index < -0.39 is 0 Å². The molecule has 0 unspecified atom stereocenters. The maximum Gasteiger partial charge on any atom is 0.343 e. The van der Waals surface area contributed by atoms with Crippen LogP contribution in [0.3, 0.4) is 0 Å². The number of aldehydes is 1. The van der Waals surface area contributed by atoms with Gasteiger partial charge >= 0.3 is 5.69 Å². The molecule has 0 spiro atoms. The molecular formula is C11H10ClN3O2S. The van der Waals surface area contributed by atoms with Crippen LogP contribution in [0.15, 0.2) is 33.0 Å². The van der Waals surface area contributed by atoms with Crippen LogP contribution in [0.2, 0.25) is 5.02 Å². The molecule has 0 saturated heterocycles. The minimum Gasteiger partial charge on any atom is -0.298 e. The lowest BCUT2D eigenvalue weighted by Gasteiger charge is -2.04. The average molecular weight is 284 g/mol. The first kappa shape index (κ1) is 12.9. The van der Waals surface area contributed by atoms with Gasteiger partial charge in [-0.25, -0.2) is 9.89 Å². The molecule has 0 aliphatic rings. The van der Waals surface area contributed by atoms with Gasteiger partial charge in [0.15, 0.2) is 5.16 Å². The number of halogens is 1. The number of carbonyl (C=O) groups is 1. The third-order valence-corrected chi connectivity index (χ3v) is 3.83. The predicted octanol–water partition coefficient (Wildman–Crippen LogP) is 2.21. The molecule has 0 aliphatic carbocycles. The second-order valence-corrected chi connectivity index (χ2v) is 4.88. The number of benzene rings is 1. The average Bonchev–Trinajstić information content (AvgIpc) is 2.72. The summed E-state index contributed by atoms with van der Waals surface area (Å²) in [6.07, 6.45) is 0.733. The van der Waals surface area contributed by atoms with Crippen molar-refractivity contribution in [2.75, 3.05) is 0 Å². The largest absolute Gasteiger partial charge is 0.343 e. The number of aromatic nitrogens is 3. The highest BCUT2D eigenvalue weighted by Gasteiger charge is 2.10. The summed E-state index contributed by atoms with van der Waals surface area (Å²) in [5.74, 6) is 0. The number of H-pyrrole nitrogens is 1. The van der Waals surface area contributed by atoms with Crippen LogP contribution in [-0.4, -0.2) is 21.1 Å². The van der Waals surface area contributed by atoms with Crippen LogP contribution >= 0.6 is 23.4 Å². The summed E-state index contributed by atoms with van der Waals surface area (Å²) in [6.45, 7) is 2.39. The minimum atomic E-state index is -0.249. The van der Waals surface area contributed by atoms with Crippen molar-refractivity contribution in [2.45, 2.75) is 23.5 Å². The van der Waals surface area contributed by atoms with E-state index in [2.05, 4.69) is 10.2 Å². The Bertz CT molecular complexity index is 635. The van der Waals surface area contributed by atoms with E-state index in [-0.39, 0.29) is 5.69 Å². The van der Waals surface area contributed by atoms with E-state index in [4.69, 9.17) is 11.6 Å². The molecule has 1 heterocycles. The lowest BCUT2D eigenvalue weighted by molar-refractivity contribution is 0.112. The highest BCUT2D eigenvalue weighted by molar-refractivity contribution is 7.99. The Labute approximate surface area is 112 Å². The van der Waals surface area contributed by atoms with Crippen molar-refractivity contribution in [1.82, 2.24) is 14.8 Å². The molecular weight excluding hydrogens is 274 g/mol. The molecule has 7 heteroatoms. The van der Waals surface area contributed by atoms with Crippen molar-refractivity contribution < 1.29 is 4.79 Å². The summed E-state index contributed by atoms with van der Waals surface area (Å²) in [5.41, 5.74) is 0.264. The smallest absolute Gasteiger partial charge is 0.298 e. The standard InChI is InChI=1S/C11H10ClN3O2S/c1-2-15-10(17)13-14-11(15)18-9-4-3-7(6-16)5-8(9)12/h3-6H,2H2,1H3,(H,13,17). The highest BCUT2D eigenvalue weighted by atomic mass is 35.5. The Morgan fingerprint density at radius 3 is 2.94 bits per heavy atom. The molecule has 2 rings (SSSR count). The summed E-state index contributed by atoms with van der Waals surface area (Å²) >= 11 is 7.33. The Balaban J connectivity index is 2.34. The Kier molecular flexibility index (Phi) is 3.88. The van der Waals surface area contributed by atoms with Gasteiger partial charge in [0.25, 0.3) is 0 Å². The lowest BCUT2D eigenvalue weighted by atomic mass is 10.2. The van der Waals surface area contributed by atoms with Gasteiger partial charge in [0.1, 0.15) is 6.29 Å². The molecule has 1 aromatic heterocycles. The van der Waals surface area contributed by atoms with Crippen molar-refractivity contribution in [2.24, 2.45) is 0 Å². The van der Waals surface area contributed by atoms with Gasteiger partial charge in [-0.3, -0.25) is 9.36 Å². The topological polar surface area (TPSA) is 67.8 Å². The summed E-state index contributed by atoms with van der Waals surface area (Å²) in [6, 6.07) is 4.98. The predicted molar refractivity (Wildman–Crippen MR) is 69.5 cm³/mol. The molecule has 0 radical (unpaired) electrons. The molecule has 0 amide bonds. The number of nitrogens with zero attached hydrogens (tertiary/aromatic N) is 2. The summed E-state index contributed by atoms with van der Waals surface area (Å²) < 4.78 is 1.51. The fourth-order valence-electron chi connectivity index (χ4n) is 1.43. The van der Waals surface area contributed by atoms with Crippen LogP contribution in [0.5, 0.6) is 0 Å². The zero-order chi connectivity index (χ0) is 13.1. The van der Waals surface area contributed by atoms with Gasteiger partial charge < -0.3 is 0 Å². The van der Waals surface area contributed by atoms with Crippen LogP contribution in [-0.2, 0) is 6.54 Å². The summed E-state index contributed by atoms with van der Waals surface area (Å²) in [5, 5.41) is 7.32. The van der Waals surface area contributed by atoms with E-state index in [0.717, 1.165) is 11.2 Å². The molecule has 0 saturated carbocycles. The molecule has 1 N–H and O–H groups in total. The van der Waals surface area contributed by atoms with Crippen LogP contribution in [0.1, 0.15) is 17.3 Å². The third kappa shape index (κ3) is 2.49. The summed E-state index contributed by atoms with van der Waals surface area (Å²) in [7, 11) is 0. The van der Waals surface area contributed by atoms with E-state index >= 15 is 0 Å². The molecule has 0 fully saturated rings. The lowest BCUT2D eigenvalue weighted by Crippen LogP contribution is -2.15. The van der Waals surface area contributed by atoms with Gasteiger partial charge in [-0.05, 0) is 30.8 Å². The fourth-order valence-corrected chi connectivity index (χ4v) is 2.64. The minimum absolute atomic E-state index is 0.249. The van der Waals surface area contributed by atoms with Crippen LogP contribution in [0.25, 0.3) is 0 Å². The number of rotatable bonds is 4. The van der Waals surface area contributed by atoms with Crippen molar-refractivity contribution in [3.05, 3.63) is 39.3 Å². The normalized spacial score (nSPS) is 10.6. The Morgan fingerprint density at radius 1 is 1.56 bits per heavy atom. The number of carbonyl (C=O) groups excluding carboxylic acids is 1. The first-order chi connectivity index (χ1) is 8.65. The summed E-state index contributed by atoms with van der Waals surface area (Å²) in [4.78, 5) is 22.7. The van der Waals surface area contributed by atoms with Crippen molar-refractivity contribution in [1.29, 1.82) is 0 Å². The second-order valence-electron chi connectivity index (χ2n) is 3.47. The molecule has 0 aliphatic heterocycles. The maximum atomic E-state index is 11.4. The van der Waals surface area contributed by atoms with E-state index in [1.54, 1.807) is 18.2 Å². The second kappa shape index (κ2) is 5.41. The molecule has 5 nitrogen and oxygen atoms in total. The van der Waals surface area contributed by atoms with Crippen molar-refractivity contribution >= 4 is 29.6 Å². The van der Waals surface area contributed by atoms with Crippen molar-refractivity contribution in [3.8, 4) is 0 Å². The molecule has 1 aromatic carbocycles. The van der Waals surface area contributed by atoms with Gasteiger partial charge in [-0.1, -0.05) is 17.7 Å². The SMILES string of the molecule is CCn1c(Sc2ccc(C=O)cc2Cl)n[nH]c1=O. The molecule has 94 valence electrons. The highest BCUT2D eigenvalue weighted by Crippen LogP contribution is 2.31. The van der Waals surface area contributed by atoms with Crippen molar-refractivity contribution in [3.63, 3.8) is 0 Å². The van der Waals surface area contributed by atoms with E-state index in [9.17, 15) is 9.59 Å². The number of hydrogen-bond donors (Lipinski definition) is 1. The van der Waals surface area contributed by atoms with Gasteiger partial charge in [0, 0.05) is 17.0 Å². The van der Waals surface area contributed by atoms with E-state index in [1.807, 2.05) is 6.92 Å². The van der Waals surface area contributed by atoms with Crippen LogP contribution < -0.4 is 5.69 Å². The molecule has 18 heavy (non-hydrogen) atoms. The maximum absolute atomic E-state index is 11.4. The number of nitrogens with one attached hydrogen (secondary N) is 1. The fraction of sp³-hybridized carbons (Fsp3) is 0.182. The van der Waals surface area contributed by atoms with E-state index in [0.29, 0.717) is 22.3 Å². The van der Waals surface area contributed by atoms with Gasteiger partial charge in [-0.15, -0.1) is 5.10 Å². The van der Waals surface area contributed by atoms with Gasteiger partial charge in [0.2, 0.25) is 0 Å². The molecule has 0 bridgehead atoms.